The minimum atomic E-state index is 0.683. The molecule has 1 aliphatic carbocycles. The third-order valence-electron chi connectivity index (χ3n) is 4.18. The minimum Gasteiger partial charge on any atom is -0.384 e. The molecule has 2 fully saturated rings. The molecule has 94 valence electrons. The van der Waals surface area contributed by atoms with Crippen molar-refractivity contribution in [2.75, 3.05) is 18.8 Å². The largest absolute Gasteiger partial charge is 0.384 e. The molecule has 3 rings (SSSR count). The number of piperidine rings is 1. The van der Waals surface area contributed by atoms with Crippen LogP contribution in [0.25, 0.3) is 0 Å². The summed E-state index contributed by atoms with van der Waals surface area (Å²) in [7, 11) is 0. The number of anilines is 1. The first-order valence-corrected chi connectivity index (χ1v) is 6.87. The summed E-state index contributed by atoms with van der Waals surface area (Å²) in [6, 6.07) is 2.08. The van der Waals surface area contributed by atoms with E-state index in [2.05, 4.69) is 16.5 Å². The maximum Gasteiger partial charge on any atom is 0.121 e. The third-order valence-corrected chi connectivity index (χ3v) is 4.18. The lowest BCUT2D eigenvalue weighted by Gasteiger charge is -2.24. The second-order valence-electron chi connectivity index (χ2n) is 5.52. The molecule has 0 bridgehead atoms. The van der Waals surface area contributed by atoms with Gasteiger partial charge in [-0.15, -0.1) is 0 Å². The van der Waals surface area contributed by atoms with Gasteiger partial charge in [0.15, 0.2) is 0 Å². The Bertz CT molecular complexity index is 375. The van der Waals surface area contributed by atoms with Gasteiger partial charge in [-0.3, -0.25) is 0 Å². The highest BCUT2D eigenvalue weighted by Gasteiger charge is 2.23. The Morgan fingerprint density at radius 2 is 2.24 bits per heavy atom. The number of nitrogens with zero attached hydrogens (tertiary/aromatic N) is 2. The Balaban J connectivity index is 1.66. The van der Waals surface area contributed by atoms with Gasteiger partial charge >= 0.3 is 0 Å². The third kappa shape index (κ3) is 2.32. The first-order chi connectivity index (χ1) is 8.33. The smallest absolute Gasteiger partial charge is 0.121 e. The van der Waals surface area contributed by atoms with Crippen molar-refractivity contribution in [3.05, 3.63) is 11.8 Å². The van der Waals surface area contributed by atoms with Crippen LogP contribution in [-0.4, -0.2) is 22.9 Å². The molecule has 1 atom stereocenters. The summed E-state index contributed by atoms with van der Waals surface area (Å²) in [5.41, 5.74) is 7.28. The topological polar surface area (TPSA) is 55.9 Å². The summed E-state index contributed by atoms with van der Waals surface area (Å²) in [5, 5.41) is 8.13. The number of nitrogens with one attached hydrogen (secondary N) is 1. The van der Waals surface area contributed by atoms with Crippen LogP contribution in [0.3, 0.4) is 0 Å². The van der Waals surface area contributed by atoms with Crippen molar-refractivity contribution in [1.82, 2.24) is 15.1 Å². The lowest BCUT2D eigenvalue weighted by Crippen LogP contribution is -2.32. The van der Waals surface area contributed by atoms with E-state index in [1.165, 1.54) is 44.3 Å². The van der Waals surface area contributed by atoms with Crippen molar-refractivity contribution in [2.24, 2.45) is 5.92 Å². The molecule has 2 heterocycles. The van der Waals surface area contributed by atoms with E-state index in [0.717, 1.165) is 18.9 Å². The predicted octanol–water partition coefficient (Wildman–Crippen LogP) is 1.73. The fourth-order valence-corrected chi connectivity index (χ4v) is 2.83. The Hall–Kier alpha value is -1.03. The fourth-order valence-electron chi connectivity index (χ4n) is 2.83. The van der Waals surface area contributed by atoms with Gasteiger partial charge in [-0.25, -0.2) is 4.68 Å². The standard InChI is InChI=1S/C13H22N4/c14-13-7-12(11-4-1-5-11)16-17(13)9-10-3-2-6-15-8-10/h7,10-11,15H,1-6,8-9,14H2. The lowest BCUT2D eigenvalue weighted by molar-refractivity contribution is 0.323. The van der Waals surface area contributed by atoms with Crippen LogP contribution >= 0.6 is 0 Å². The Morgan fingerprint density at radius 1 is 1.35 bits per heavy atom. The van der Waals surface area contributed by atoms with Gasteiger partial charge in [-0.2, -0.15) is 5.10 Å². The van der Waals surface area contributed by atoms with Crippen molar-refractivity contribution in [1.29, 1.82) is 0 Å². The van der Waals surface area contributed by atoms with Gasteiger partial charge < -0.3 is 11.1 Å². The van der Waals surface area contributed by atoms with E-state index < -0.39 is 0 Å². The van der Waals surface area contributed by atoms with Crippen LogP contribution in [-0.2, 0) is 6.54 Å². The second-order valence-corrected chi connectivity index (χ2v) is 5.52. The van der Waals surface area contributed by atoms with Gasteiger partial charge in [-0.05, 0) is 44.7 Å². The summed E-state index contributed by atoms with van der Waals surface area (Å²) >= 11 is 0. The number of aromatic nitrogens is 2. The Kier molecular flexibility index (Phi) is 3.05. The summed E-state index contributed by atoms with van der Waals surface area (Å²) in [5.74, 6) is 2.22. The summed E-state index contributed by atoms with van der Waals surface area (Å²) < 4.78 is 2.02. The number of nitrogen functional groups attached to an aromatic ring is 1. The Morgan fingerprint density at radius 3 is 2.88 bits per heavy atom. The molecule has 4 heteroatoms. The molecule has 3 N–H and O–H groups in total. The van der Waals surface area contributed by atoms with Crippen molar-refractivity contribution in [3.63, 3.8) is 0 Å². The number of hydrogen-bond acceptors (Lipinski definition) is 3. The molecule has 1 saturated carbocycles. The zero-order chi connectivity index (χ0) is 11.7. The molecule has 4 nitrogen and oxygen atoms in total. The zero-order valence-corrected chi connectivity index (χ0v) is 10.4. The van der Waals surface area contributed by atoms with Gasteiger partial charge in [0.05, 0.1) is 5.69 Å². The highest BCUT2D eigenvalue weighted by Crippen LogP contribution is 2.36. The fraction of sp³-hybridized carbons (Fsp3) is 0.769. The van der Waals surface area contributed by atoms with Crippen LogP contribution in [0.4, 0.5) is 5.82 Å². The van der Waals surface area contributed by atoms with Crippen molar-refractivity contribution in [2.45, 2.75) is 44.6 Å². The van der Waals surface area contributed by atoms with E-state index in [1.54, 1.807) is 0 Å². The molecule has 17 heavy (non-hydrogen) atoms. The second kappa shape index (κ2) is 4.69. The van der Waals surface area contributed by atoms with Crippen LogP contribution in [0.1, 0.15) is 43.7 Å². The molecule has 1 aromatic heterocycles. The van der Waals surface area contributed by atoms with Gasteiger partial charge in [0, 0.05) is 18.5 Å². The molecule has 0 amide bonds. The number of rotatable bonds is 3. The lowest BCUT2D eigenvalue weighted by atomic mass is 9.83. The van der Waals surface area contributed by atoms with E-state index >= 15 is 0 Å². The average molecular weight is 234 g/mol. The first kappa shape index (κ1) is 11.1. The van der Waals surface area contributed by atoms with Gasteiger partial charge in [0.1, 0.15) is 5.82 Å². The average Bonchev–Trinajstić information content (AvgIpc) is 2.59. The molecule has 1 unspecified atom stereocenters. The highest BCUT2D eigenvalue weighted by molar-refractivity contribution is 5.33. The summed E-state index contributed by atoms with van der Waals surface area (Å²) in [6.07, 6.45) is 6.51. The van der Waals surface area contributed by atoms with Gasteiger partial charge in [0.25, 0.3) is 0 Å². The van der Waals surface area contributed by atoms with Crippen molar-refractivity contribution >= 4 is 5.82 Å². The SMILES string of the molecule is Nc1cc(C2CCC2)nn1CC1CCCNC1. The molecule has 1 aromatic rings. The molecule has 0 aromatic carbocycles. The van der Waals surface area contributed by atoms with Crippen LogP contribution in [0.2, 0.25) is 0 Å². The van der Waals surface area contributed by atoms with E-state index in [0.29, 0.717) is 11.8 Å². The molecule has 1 saturated heterocycles. The van der Waals surface area contributed by atoms with E-state index in [1.807, 2.05) is 4.68 Å². The quantitative estimate of drug-likeness (QED) is 0.837. The van der Waals surface area contributed by atoms with Crippen LogP contribution in [0.5, 0.6) is 0 Å². The van der Waals surface area contributed by atoms with Crippen LogP contribution in [0, 0.1) is 5.92 Å². The molecular weight excluding hydrogens is 212 g/mol. The van der Waals surface area contributed by atoms with Crippen molar-refractivity contribution in [3.8, 4) is 0 Å². The minimum absolute atomic E-state index is 0.683. The van der Waals surface area contributed by atoms with Crippen LogP contribution < -0.4 is 11.1 Å². The van der Waals surface area contributed by atoms with E-state index in [9.17, 15) is 0 Å². The number of nitrogens with two attached hydrogens (primary N) is 1. The highest BCUT2D eigenvalue weighted by atomic mass is 15.3. The maximum absolute atomic E-state index is 6.06. The molecule has 0 spiro atoms. The first-order valence-electron chi connectivity index (χ1n) is 6.87. The predicted molar refractivity (Wildman–Crippen MR) is 68.8 cm³/mol. The van der Waals surface area contributed by atoms with Crippen LogP contribution in [0.15, 0.2) is 6.07 Å². The summed E-state index contributed by atoms with van der Waals surface area (Å²) in [4.78, 5) is 0. The Labute approximate surface area is 103 Å². The summed E-state index contributed by atoms with van der Waals surface area (Å²) in [6.45, 7) is 3.25. The maximum atomic E-state index is 6.06. The normalized spacial score (nSPS) is 25.8. The number of hydrogen-bond donors (Lipinski definition) is 2. The van der Waals surface area contributed by atoms with Gasteiger partial charge in [-0.1, -0.05) is 6.42 Å². The molecule has 0 radical (unpaired) electrons. The monoisotopic (exact) mass is 234 g/mol. The van der Waals surface area contributed by atoms with E-state index in [4.69, 9.17) is 5.73 Å². The van der Waals surface area contributed by atoms with Crippen molar-refractivity contribution < 1.29 is 0 Å². The molecule has 2 aliphatic rings. The molecular formula is C13H22N4. The zero-order valence-electron chi connectivity index (χ0n) is 10.4. The molecule has 1 aliphatic heterocycles. The van der Waals surface area contributed by atoms with Gasteiger partial charge in [0.2, 0.25) is 0 Å². The van der Waals surface area contributed by atoms with E-state index in [-0.39, 0.29) is 0 Å².